The Hall–Kier alpha value is -2.26. The van der Waals surface area contributed by atoms with Crippen LogP contribution >= 0.6 is 11.3 Å². The second kappa shape index (κ2) is 9.08. The van der Waals surface area contributed by atoms with Crippen LogP contribution in [0.3, 0.4) is 0 Å². The summed E-state index contributed by atoms with van der Waals surface area (Å²) in [5.74, 6) is 0. The third-order valence-electron chi connectivity index (χ3n) is 5.39. The topological polar surface area (TPSA) is 99.4 Å². The number of aromatic nitrogens is 1. The lowest BCUT2D eigenvalue weighted by Gasteiger charge is -2.23. The molecular formula is C23H25ClN2O4S. The van der Waals surface area contributed by atoms with Crippen LogP contribution in [-0.4, -0.2) is 7.05 Å². The molecule has 31 heavy (non-hydrogen) atoms. The molecule has 3 aromatic rings. The second-order valence-corrected chi connectivity index (χ2v) is 9.46. The zero-order chi connectivity index (χ0) is 22.8. The highest BCUT2D eigenvalue weighted by atomic mass is 35.7. The predicted octanol–water partition coefficient (Wildman–Crippen LogP) is 0.777. The van der Waals surface area contributed by atoms with E-state index in [2.05, 4.69) is 104 Å². The third-order valence-corrected chi connectivity index (χ3v) is 6.52. The van der Waals surface area contributed by atoms with Gasteiger partial charge in [-0.15, -0.1) is 10.2 Å². The van der Waals surface area contributed by atoms with Crippen LogP contribution in [-0.2, 0) is 12.0 Å². The molecule has 8 heteroatoms. The summed E-state index contributed by atoms with van der Waals surface area (Å²) in [6.45, 7) is 7.80. The standard InChI is InChI=1S/C23H25N2S.ClHO4/c1-5-25-19-13-8-9-14-20(19)26-22(25)16-10-15-21-23(2,3)17-11-6-7-12-18(17)24(21)4;2-1(3,4)5/h6-16H,5H2,1-4H3;(H,2,3,4,5)/q+1;/p-1. The van der Waals surface area contributed by atoms with Gasteiger partial charge in [0, 0.05) is 36.0 Å². The molecule has 0 aliphatic carbocycles. The van der Waals surface area contributed by atoms with Gasteiger partial charge >= 0.3 is 0 Å². The Labute approximate surface area is 188 Å². The number of hydrogen-bond donors (Lipinski definition) is 0. The van der Waals surface area contributed by atoms with Crippen LogP contribution in [0.1, 0.15) is 31.3 Å². The van der Waals surface area contributed by atoms with Crippen molar-refractivity contribution in [2.24, 2.45) is 0 Å². The van der Waals surface area contributed by atoms with E-state index in [9.17, 15) is 0 Å². The summed E-state index contributed by atoms with van der Waals surface area (Å²) in [7, 11) is -2.78. The van der Waals surface area contributed by atoms with Crippen LogP contribution in [0.25, 0.3) is 16.3 Å². The Balaban J connectivity index is 0.000000491. The lowest BCUT2D eigenvalue weighted by molar-refractivity contribution is -2.00. The minimum absolute atomic E-state index is 0.0244. The average Bonchev–Trinajstić information content (AvgIpc) is 3.15. The number of hydrogen-bond acceptors (Lipinski definition) is 6. The lowest BCUT2D eigenvalue weighted by atomic mass is 9.84. The van der Waals surface area contributed by atoms with Crippen molar-refractivity contribution < 1.29 is 33.4 Å². The highest BCUT2D eigenvalue weighted by Gasteiger charge is 2.37. The Morgan fingerprint density at radius 3 is 2.29 bits per heavy atom. The molecule has 0 saturated heterocycles. The molecule has 0 radical (unpaired) electrons. The van der Waals surface area contributed by atoms with Crippen LogP contribution in [0.4, 0.5) is 5.69 Å². The van der Waals surface area contributed by atoms with E-state index in [-0.39, 0.29) is 5.41 Å². The summed E-state index contributed by atoms with van der Waals surface area (Å²) < 4.78 is 37.7. The number of benzene rings is 2. The van der Waals surface area contributed by atoms with E-state index >= 15 is 0 Å². The van der Waals surface area contributed by atoms with Gasteiger partial charge < -0.3 is 4.90 Å². The number of allylic oxidation sites excluding steroid dienone is 3. The fourth-order valence-electron chi connectivity index (χ4n) is 4.03. The Bertz CT molecular complexity index is 1130. The van der Waals surface area contributed by atoms with Crippen LogP contribution in [0, 0.1) is 10.2 Å². The van der Waals surface area contributed by atoms with Gasteiger partial charge in [-0.3, -0.25) is 0 Å². The van der Waals surface area contributed by atoms with Crippen molar-refractivity contribution in [3.05, 3.63) is 77.0 Å². The minimum Gasteiger partial charge on any atom is -0.347 e. The molecule has 4 rings (SSSR count). The molecule has 0 bridgehead atoms. The highest BCUT2D eigenvalue weighted by molar-refractivity contribution is 7.18. The maximum absolute atomic E-state index is 8.49. The number of aryl methyl sites for hydroxylation is 1. The van der Waals surface area contributed by atoms with E-state index in [1.165, 1.54) is 32.2 Å². The van der Waals surface area contributed by atoms with Crippen molar-refractivity contribution in [1.82, 2.24) is 0 Å². The molecule has 0 saturated carbocycles. The molecule has 1 aliphatic rings. The van der Waals surface area contributed by atoms with Gasteiger partial charge in [0.05, 0.1) is 0 Å². The average molecular weight is 461 g/mol. The summed E-state index contributed by atoms with van der Waals surface area (Å²) in [5.41, 5.74) is 5.38. The summed E-state index contributed by atoms with van der Waals surface area (Å²) in [6, 6.07) is 17.3. The molecule has 2 aromatic carbocycles. The largest absolute Gasteiger partial charge is 0.347 e. The minimum atomic E-state index is -4.94. The van der Waals surface area contributed by atoms with E-state index in [0.29, 0.717) is 0 Å². The first-order valence-corrected chi connectivity index (χ1v) is 11.8. The molecule has 0 fully saturated rings. The number of fused-ring (bicyclic) bond motifs is 2. The Morgan fingerprint density at radius 2 is 1.65 bits per heavy atom. The van der Waals surface area contributed by atoms with Gasteiger partial charge in [-0.25, -0.2) is 18.6 Å². The van der Waals surface area contributed by atoms with Gasteiger partial charge in [-0.2, -0.15) is 4.57 Å². The van der Waals surface area contributed by atoms with E-state index < -0.39 is 10.2 Å². The van der Waals surface area contributed by atoms with Crippen molar-refractivity contribution in [2.45, 2.75) is 32.7 Å². The summed E-state index contributed by atoms with van der Waals surface area (Å²) >= 11 is 1.85. The van der Waals surface area contributed by atoms with Gasteiger partial charge in [0.25, 0.3) is 5.01 Å². The van der Waals surface area contributed by atoms with Crippen LogP contribution in [0.15, 0.2) is 66.4 Å². The van der Waals surface area contributed by atoms with Gasteiger partial charge in [-0.05, 0) is 30.7 Å². The van der Waals surface area contributed by atoms with E-state index in [4.69, 9.17) is 18.6 Å². The molecule has 0 spiro atoms. The summed E-state index contributed by atoms with van der Waals surface area (Å²) in [4.78, 5) is 2.32. The maximum atomic E-state index is 8.49. The molecule has 6 nitrogen and oxygen atoms in total. The number of thiazole rings is 1. The summed E-state index contributed by atoms with van der Waals surface area (Å²) in [5, 5.41) is 1.29. The number of anilines is 1. The van der Waals surface area contributed by atoms with Crippen molar-refractivity contribution in [2.75, 3.05) is 11.9 Å². The maximum Gasteiger partial charge on any atom is 0.262 e. The van der Waals surface area contributed by atoms with Gasteiger partial charge in [0.1, 0.15) is 11.2 Å². The number of rotatable bonds is 3. The van der Waals surface area contributed by atoms with E-state index in [1.54, 1.807) is 0 Å². The Kier molecular flexibility index (Phi) is 6.85. The zero-order valence-corrected chi connectivity index (χ0v) is 19.4. The normalized spacial score (nSPS) is 16.6. The van der Waals surface area contributed by atoms with Crippen molar-refractivity contribution in [3.8, 4) is 0 Å². The molecule has 0 unspecified atom stereocenters. The first kappa shape index (κ1) is 23.4. The molecular weight excluding hydrogens is 436 g/mol. The monoisotopic (exact) mass is 460 g/mol. The van der Waals surface area contributed by atoms with Gasteiger partial charge in [-0.1, -0.05) is 61.6 Å². The van der Waals surface area contributed by atoms with E-state index in [1.807, 2.05) is 11.3 Å². The lowest BCUT2D eigenvalue weighted by Crippen LogP contribution is -2.68. The van der Waals surface area contributed by atoms with Crippen LogP contribution in [0.2, 0.25) is 0 Å². The number of likely N-dealkylation sites (N-methyl/N-ethyl adjacent to an activating group) is 1. The van der Waals surface area contributed by atoms with Gasteiger partial charge in [0.15, 0.2) is 0 Å². The smallest absolute Gasteiger partial charge is 0.262 e. The first-order chi connectivity index (χ1) is 14.5. The van der Waals surface area contributed by atoms with Gasteiger partial charge in [0.2, 0.25) is 5.52 Å². The Morgan fingerprint density at radius 1 is 1.03 bits per heavy atom. The van der Waals surface area contributed by atoms with E-state index in [0.717, 1.165) is 6.54 Å². The molecule has 164 valence electrons. The SMILES string of the molecule is CC[n+]1c(C=CC=C2N(C)c3ccccc3C2(C)C)sc2ccccc21.[O-][Cl+3]([O-])([O-])[O-]. The molecule has 0 amide bonds. The molecule has 0 atom stereocenters. The third kappa shape index (κ3) is 5.15. The fourth-order valence-corrected chi connectivity index (χ4v) is 5.17. The van der Waals surface area contributed by atoms with Crippen molar-refractivity contribution >= 4 is 33.3 Å². The van der Waals surface area contributed by atoms with Crippen molar-refractivity contribution in [1.29, 1.82) is 0 Å². The highest BCUT2D eigenvalue weighted by Crippen LogP contribution is 2.46. The molecule has 0 N–H and O–H groups in total. The first-order valence-electron chi connectivity index (χ1n) is 9.79. The molecule has 1 aliphatic heterocycles. The summed E-state index contributed by atoms with van der Waals surface area (Å²) in [6.07, 6.45) is 6.72. The second-order valence-electron chi connectivity index (χ2n) is 7.64. The zero-order valence-electron chi connectivity index (χ0n) is 17.9. The van der Waals surface area contributed by atoms with Crippen LogP contribution < -0.4 is 28.1 Å². The number of halogens is 1. The predicted molar refractivity (Wildman–Crippen MR) is 113 cm³/mol. The quantitative estimate of drug-likeness (QED) is 0.538. The van der Waals surface area contributed by atoms with Crippen LogP contribution in [0.5, 0.6) is 0 Å². The van der Waals surface area contributed by atoms with Crippen molar-refractivity contribution in [3.63, 3.8) is 0 Å². The molecule has 2 heterocycles. The fraction of sp³-hybridized carbons (Fsp3) is 0.261. The molecule has 1 aromatic heterocycles. The number of para-hydroxylation sites is 2. The number of nitrogens with zero attached hydrogens (tertiary/aromatic N) is 2.